The zero-order chi connectivity index (χ0) is 17.3. The largest absolute Gasteiger partial charge is 0.478 e. The van der Waals surface area contributed by atoms with Gasteiger partial charge >= 0.3 is 5.97 Å². The van der Waals surface area contributed by atoms with Gasteiger partial charge in [-0.15, -0.1) is 0 Å². The van der Waals surface area contributed by atoms with Crippen LogP contribution in [0.15, 0.2) is 60.2 Å². The lowest BCUT2D eigenvalue weighted by Gasteiger charge is -1.98. The Kier molecular flexibility index (Phi) is 3.05. The normalized spacial score (nSPS) is 11.9. The van der Waals surface area contributed by atoms with E-state index < -0.39 is 5.97 Å². The van der Waals surface area contributed by atoms with Gasteiger partial charge < -0.3 is 13.9 Å². The van der Waals surface area contributed by atoms with Gasteiger partial charge in [0.25, 0.3) is 0 Å². The first-order chi connectivity index (χ1) is 12.0. The van der Waals surface area contributed by atoms with Crippen molar-refractivity contribution < 1.29 is 18.7 Å². The van der Waals surface area contributed by atoms with E-state index in [-0.39, 0.29) is 5.56 Å². The third-order valence-corrected chi connectivity index (χ3v) is 5.49. The number of carboxylic acids is 1. The van der Waals surface area contributed by atoms with Crippen LogP contribution < -0.4 is 0 Å². The lowest BCUT2D eigenvalue weighted by atomic mass is 10.1. The third kappa shape index (κ3) is 2.14. The molecule has 3 aromatic carbocycles. The number of carbonyl (C=O) groups is 1. The zero-order valence-electron chi connectivity index (χ0n) is 12.5. The van der Waals surface area contributed by atoms with Gasteiger partial charge in [0.2, 0.25) is 0 Å². The predicted molar refractivity (Wildman–Crippen MR) is 103 cm³/mol. The standard InChI is InChI=1S/C19H8Br2O4/c20-8-1-2-9-11-5-17-12(6-16(11)24-15(9)3-8)10-4-13(19(22)23)14(21)7-18(10)25-17/h1-7H,(H,22,23). The topological polar surface area (TPSA) is 63.6 Å². The summed E-state index contributed by atoms with van der Waals surface area (Å²) in [5, 5.41) is 12.9. The van der Waals surface area contributed by atoms with E-state index in [4.69, 9.17) is 8.83 Å². The van der Waals surface area contributed by atoms with Crippen LogP contribution in [0.2, 0.25) is 0 Å². The highest BCUT2D eigenvalue weighted by Gasteiger charge is 2.17. The van der Waals surface area contributed by atoms with E-state index >= 15 is 0 Å². The molecule has 2 heterocycles. The fraction of sp³-hybridized carbons (Fsp3) is 0. The first-order valence-electron chi connectivity index (χ1n) is 7.42. The predicted octanol–water partition coefficient (Wildman–Crippen LogP) is 6.71. The second-order valence-electron chi connectivity index (χ2n) is 5.82. The Morgan fingerprint density at radius 3 is 2.00 bits per heavy atom. The molecule has 0 aliphatic heterocycles. The Hall–Kier alpha value is -2.31. The monoisotopic (exact) mass is 458 g/mol. The van der Waals surface area contributed by atoms with E-state index in [0.717, 1.165) is 37.2 Å². The van der Waals surface area contributed by atoms with Crippen molar-refractivity contribution in [1.82, 2.24) is 0 Å². The summed E-state index contributed by atoms with van der Waals surface area (Å²) in [6, 6.07) is 13.1. The van der Waals surface area contributed by atoms with E-state index in [1.54, 1.807) is 12.1 Å². The highest BCUT2D eigenvalue weighted by atomic mass is 79.9. The second-order valence-corrected chi connectivity index (χ2v) is 7.59. The SMILES string of the molecule is O=C(O)c1cc2c(cc1Br)oc1cc3c(cc12)oc1cc(Br)ccc13. The third-order valence-electron chi connectivity index (χ3n) is 4.35. The quantitative estimate of drug-likeness (QED) is 0.302. The van der Waals surface area contributed by atoms with E-state index in [1.807, 2.05) is 30.3 Å². The van der Waals surface area contributed by atoms with Gasteiger partial charge in [-0.3, -0.25) is 0 Å². The van der Waals surface area contributed by atoms with Crippen LogP contribution >= 0.6 is 31.9 Å². The maximum absolute atomic E-state index is 11.4. The number of hydrogen-bond donors (Lipinski definition) is 1. The van der Waals surface area contributed by atoms with Gasteiger partial charge in [0, 0.05) is 30.5 Å². The van der Waals surface area contributed by atoms with Crippen LogP contribution in [-0.4, -0.2) is 11.1 Å². The summed E-state index contributed by atoms with van der Waals surface area (Å²) >= 11 is 6.74. The first-order valence-corrected chi connectivity index (χ1v) is 9.01. The number of fused-ring (bicyclic) bond motifs is 6. The molecule has 0 bridgehead atoms. The van der Waals surface area contributed by atoms with Crippen LogP contribution in [0, 0.1) is 0 Å². The first kappa shape index (κ1) is 15.0. The molecule has 25 heavy (non-hydrogen) atoms. The fourth-order valence-corrected chi connectivity index (χ4v) is 4.04. The van der Waals surface area contributed by atoms with Gasteiger partial charge in [-0.25, -0.2) is 4.79 Å². The molecule has 5 rings (SSSR count). The van der Waals surface area contributed by atoms with E-state index in [2.05, 4.69) is 31.9 Å². The summed E-state index contributed by atoms with van der Waals surface area (Å²) < 4.78 is 13.3. The molecule has 2 aromatic heterocycles. The lowest BCUT2D eigenvalue weighted by molar-refractivity contribution is 0.0696. The Labute approximate surface area is 157 Å². The minimum Gasteiger partial charge on any atom is -0.478 e. The van der Waals surface area contributed by atoms with Crippen LogP contribution in [0.25, 0.3) is 43.9 Å². The molecule has 1 N–H and O–H groups in total. The molecule has 5 aromatic rings. The van der Waals surface area contributed by atoms with Crippen molar-refractivity contribution in [3.8, 4) is 0 Å². The van der Waals surface area contributed by atoms with Crippen LogP contribution in [0.3, 0.4) is 0 Å². The van der Waals surface area contributed by atoms with E-state index in [0.29, 0.717) is 15.6 Å². The second kappa shape index (κ2) is 5.09. The van der Waals surface area contributed by atoms with Gasteiger partial charge in [-0.2, -0.15) is 0 Å². The molecule has 0 atom stereocenters. The number of aromatic carboxylic acids is 1. The summed E-state index contributed by atoms with van der Waals surface area (Å²) in [6.45, 7) is 0. The van der Waals surface area contributed by atoms with Crippen LogP contribution in [0.5, 0.6) is 0 Å². The summed E-state index contributed by atoms with van der Waals surface area (Å²) in [5.74, 6) is -0.988. The molecular formula is C19H8Br2O4. The molecule has 0 aliphatic carbocycles. The van der Waals surface area contributed by atoms with Gasteiger partial charge in [0.15, 0.2) is 0 Å². The van der Waals surface area contributed by atoms with E-state index in [9.17, 15) is 9.90 Å². The Morgan fingerprint density at radius 1 is 0.760 bits per heavy atom. The molecule has 122 valence electrons. The minimum atomic E-state index is -0.988. The minimum absolute atomic E-state index is 0.198. The molecular weight excluding hydrogens is 452 g/mol. The van der Waals surface area contributed by atoms with Gasteiger partial charge in [0.1, 0.15) is 22.3 Å². The van der Waals surface area contributed by atoms with Crippen LogP contribution in [0.1, 0.15) is 10.4 Å². The van der Waals surface area contributed by atoms with Crippen molar-refractivity contribution in [1.29, 1.82) is 0 Å². The molecule has 0 amide bonds. The van der Waals surface area contributed by atoms with Crippen molar-refractivity contribution in [2.24, 2.45) is 0 Å². The van der Waals surface area contributed by atoms with Gasteiger partial charge in [0.05, 0.1) is 5.56 Å². The molecule has 0 radical (unpaired) electrons. The van der Waals surface area contributed by atoms with Crippen molar-refractivity contribution in [3.05, 3.63) is 57.0 Å². The molecule has 0 aliphatic rings. The molecule has 6 heteroatoms. The summed E-state index contributed by atoms with van der Waals surface area (Å²) in [5.41, 5.74) is 3.05. The maximum atomic E-state index is 11.4. The smallest absolute Gasteiger partial charge is 0.336 e. The average molecular weight is 460 g/mol. The van der Waals surface area contributed by atoms with E-state index in [1.165, 1.54) is 0 Å². The Balaban J connectivity index is 1.92. The maximum Gasteiger partial charge on any atom is 0.336 e. The summed E-state index contributed by atoms with van der Waals surface area (Å²) in [7, 11) is 0. The number of carboxylic acid groups (broad SMARTS) is 1. The van der Waals surface area contributed by atoms with Gasteiger partial charge in [-0.1, -0.05) is 15.9 Å². The molecule has 0 saturated carbocycles. The number of benzene rings is 3. The Morgan fingerprint density at radius 2 is 1.32 bits per heavy atom. The summed E-state index contributed by atoms with van der Waals surface area (Å²) in [6.07, 6.45) is 0. The van der Waals surface area contributed by atoms with Crippen LogP contribution in [0.4, 0.5) is 0 Å². The summed E-state index contributed by atoms with van der Waals surface area (Å²) in [4.78, 5) is 11.4. The molecule has 0 saturated heterocycles. The van der Waals surface area contributed by atoms with Crippen molar-refractivity contribution in [3.63, 3.8) is 0 Å². The van der Waals surface area contributed by atoms with Crippen molar-refractivity contribution in [2.75, 3.05) is 0 Å². The zero-order valence-corrected chi connectivity index (χ0v) is 15.6. The van der Waals surface area contributed by atoms with Crippen LogP contribution in [-0.2, 0) is 0 Å². The lowest BCUT2D eigenvalue weighted by Crippen LogP contribution is -1.96. The molecule has 0 fully saturated rings. The fourth-order valence-electron chi connectivity index (χ4n) is 3.20. The molecule has 0 spiro atoms. The average Bonchev–Trinajstić information content (AvgIpc) is 3.07. The van der Waals surface area contributed by atoms with Crippen molar-refractivity contribution in [2.45, 2.75) is 0 Å². The number of furan rings is 2. The Bertz CT molecular complexity index is 1340. The molecule has 4 nitrogen and oxygen atoms in total. The van der Waals surface area contributed by atoms with Gasteiger partial charge in [-0.05, 0) is 58.4 Å². The highest BCUT2D eigenvalue weighted by molar-refractivity contribution is 9.10. The van der Waals surface area contributed by atoms with Crippen molar-refractivity contribution >= 4 is 81.7 Å². The number of rotatable bonds is 1. The highest BCUT2D eigenvalue weighted by Crippen LogP contribution is 2.38. The number of halogens is 2. The number of hydrogen-bond acceptors (Lipinski definition) is 3. The molecule has 0 unspecified atom stereocenters.